The highest BCUT2D eigenvalue weighted by atomic mass is 16.2. The Labute approximate surface area is 175 Å². The Morgan fingerprint density at radius 2 is 1.70 bits per heavy atom. The Bertz CT molecular complexity index is 1070. The molecule has 0 unspecified atom stereocenters. The van der Waals surface area contributed by atoms with Crippen LogP contribution < -0.4 is 10.9 Å². The topological polar surface area (TPSA) is 70.5 Å². The number of nitrogens with one attached hydrogen (secondary N) is 1. The number of fused-ring (bicyclic) bond motifs is 1. The van der Waals surface area contributed by atoms with Gasteiger partial charge in [-0.3, -0.25) is 19.1 Å². The van der Waals surface area contributed by atoms with Crippen molar-refractivity contribution >= 4 is 22.6 Å². The van der Waals surface area contributed by atoms with Crippen LogP contribution in [0.2, 0.25) is 0 Å². The zero-order chi connectivity index (χ0) is 20.9. The maximum atomic E-state index is 12.5. The first-order valence-electron chi connectivity index (χ1n) is 10.4. The van der Waals surface area contributed by atoms with Gasteiger partial charge in [-0.25, -0.2) is 4.98 Å². The number of para-hydroxylation sites is 2. The van der Waals surface area contributed by atoms with Crippen LogP contribution in [0.4, 0.5) is 5.69 Å². The van der Waals surface area contributed by atoms with Crippen LogP contribution in [0.25, 0.3) is 11.0 Å². The van der Waals surface area contributed by atoms with E-state index in [4.69, 9.17) is 0 Å². The number of benzene rings is 2. The van der Waals surface area contributed by atoms with Gasteiger partial charge in [0.15, 0.2) is 0 Å². The van der Waals surface area contributed by atoms with Crippen molar-refractivity contribution in [3.8, 4) is 0 Å². The third-order valence-electron chi connectivity index (χ3n) is 5.61. The summed E-state index contributed by atoms with van der Waals surface area (Å²) in [6.07, 6.45) is 1.25. The van der Waals surface area contributed by atoms with E-state index in [0.29, 0.717) is 11.0 Å². The van der Waals surface area contributed by atoms with Gasteiger partial charge in [-0.1, -0.05) is 31.2 Å². The molecule has 3 aromatic rings. The van der Waals surface area contributed by atoms with Gasteiger partial charge in [0.05, 0.1) is 17.2 Å². The fourth-order valence-electron chi connectivity index (χ4n) is 3.84. The van der Waals surface area contributed by atoms with Crippen LogP contribution in [-0.4, -0.2) is 58.0 Å². The number of piperazine rings is 1. The Kier molecular flexibility index (Phi) is 6.21. The molecule has 2 aromatic carbocycles. The SMILES string of the molecule is CCN1CCN(Cc2ccc(NC(=O)Cn3c(=O)cnc4ccccc43)cc2)CC1. The highest BCUT2D eigenvalue weighted by Crippen LogP contribution is 2.14. The van der Waals surface area contributed by atoms with Gasteiger partial charge >= 0.3 is 0 Å². The second-order valence-electron chi connectivity index (χ2n) is 7.63. The molecule has 1 aromatic heterocycles. The van der Waals surface area contributed by atoms with Gasteiger partial charge in [0.25, 0.3) is 5.56 Å². The van der Waals surface area contributed by atoms with E-state index < -0.39 is 0 Å². The van der Waals surface area contributed by atoms with Crippen molar-refractivity contribution in [2.75, 3.05) is 38.0 Å². The predicted octanol–water partition coefficient (Wildman–Crippen LogP) is 2.17. The zero-order valence-corrected chi connectivity index (χ0v) is 17.3. The monoisotopic (exact) mass is 405 g/mol. The lowest BCUT2D eigenvalue weighted by Crippen LogP contribution is -2.45. The summed E-state index contributed by atoms with van der Waals surface area (Å²) in [5.41, 5.74) is 3.01. The Morgan fingerprint density at radius 1 is 1.00 bits per heavy atom. The Morgan fingerprint density at radius 3 is 2.43 bits per heavy atom. The average molecular weight is 406 g/mol. The van der Waals surface area contributed by atoms with Crippen LogP contribution in [0, 0.1) is 0 Å². The molecule has 4 rings (SSSR count). The van der Waals surface area contributed by atoms with Gasteiger partial charge < -0.3 is 10.2 Å². The number of likely N-dealkylation sites (N-methyl/N-ethyl adjacent to an activating group) is 1. The van der Waals surface area contributed by atoms with E-state index in [0.717, 1.165) is 45.0 Å². The third kappa shape index (κ3) is 4.75. The molecule has 30 heavy (non-hydrogen) atoms. The van der Waals surface area contributed by atoms with Gasteiger partial charge in [-0.2, -0.15) is 0 Å². The molecule has 0 radical (unpaired) electrons. The van der Waals surface area contributed by atoms with Gasteiger partial charge in [0.2, 0.25) is 5.91 Å². The van der Waals surface area contributed by atoms with Crippen LogP contribution >= 0.6 is 0 Å². The van der Waals surface area contributed by atoms with Gasteiger partial charge in [-0.05, 0) is 36.4 Å². The summed E-state index contributed by atoms with van der Waals surface area (Å²) < 4.78 is 1.45. The summed E-state index contributed by atoms with van der Waals surface area (Å²) in [7, 11) is 0. The number of nitrogens with zero attached hydrogens (tertiary/aromatic N) is 4. The van der Waals surface area contributed by atoms with Crippen LogP contribution in [0.1, 0.15) is 12.5 Å². The number of carbonyl (C=O) groups excluding carboxylic acids is 1. The summed E-state index contributed by atoms with van der Waals surface area (Å²) in [5.74, 6) is -0.239. The minimum Gasteiger partial charge on any atom is -0.325 e. The average Bonchev–Trinajstić information content (AvgIpc) is 2.78. The highest BCUT2D eigenvalue weighted by Gasteiger charge is 2.15. The third-order valence-corrected chi connectivity index (χ3v) is 5.61. The lowest BCUT2D eigenvalue weighted by molar-refractivity contribution is -0.116. The summed E-state index contributed by atoms with van der Waals surface area (Å²) in [4.78, 5) is 33.8. The normalized spacial score (nSPS) is 15.4. The highest BCUT2D eigenvalue weighted by molar-refractivity contribution is 5.91. The quantitative estimate of drug-likeness (QED) is 0.681. The van der Waals surface area contributed by atoms with Crippen molar-refractivity contribution in [3.63, 3.8) is 0 Å². The number of aromatic nitrogens is 2. The first-order chi connectivity index (χ1) is 14.6. The summed E-state index contributed by atoms with van der Waals surface area (Å²) in [6.45, 7) is 8.60. The summed E-state index contributed by atoms with van der Waals surface area (Å²) >= 11 is 0. The smallest absolute Gasteiger partial charge is 0.269 e. The number of carbonyl (C=O) groups is 1. The van der Waals surface area contributed by atoms with Crippen molar-refractivity contribution in [1.82, 2.24) is 19.4 Å². The molecule has 1 N–H and O–H groups in total. The number of amides is 1. The van der Waals surface area contributed by atoms with E-state index >= 15 is 0 Å². The maximum Gasteiger partial charge on any atom is 0.269 e. The van der Waals surface area contributed by atoms with Crippen LogP contribution in [0.3, 0.4) is 0 Å². The molecule has 0 aliphatic carbocycles. The van der Waals surface area contributed by atoms with Gasteiger partial charge in [0.1, 0.15) is 6.54 Å². The fourth-order valence-corrected chi connectivity index (χ4v) is 3.84. The first kappa shape index (κ1) is 20.3. The minimum atomic E-state index is -0.289. The first-order valence-corrected chi connectivity index (χ1v) is 10.4. The number of hydrogen-bond donors (Lipinski definition) is 1. The molecule has 0 bridgehead atoms. The van der Waals surface area contributed by atoms with E-state index in [-0.39, 0.29) is 18.0 Å². The van der Waals surface area contributed by atoms with Crippen LogP contribution in [0.5, 0.6) is 0 Å². The summed E-state index contributed by atoms with van der Waals surface area (Å²) in [6, 6.07) is 15.3. The van der Waals surface area contributed by atoms with Crippen LogP contribution in [-0.2, 0) is 17.9 Å². The second kappa shape index (κ2) is 9.19. The Hall–Kier alpha value is -3.03. The van der Waals surface area contributed by atoms with Crippen LogP contribution in [0.15, 0.2) is 59.5 Å². The van der Waals surface area contributed by atoms with Crippen molar-refractivity contribution in [2.45, 2.75) is 20.0 Å². The predicted molar refractivity (Wildman–Crippen MR) is 118 cm³/mol. The molecule has 156 valence electrons. The van der Waals surface area contributed by atoms with Crippen molar-refractivity contribution in [1.29, 1.82) is 0 Å². The largest absolute Gasteiger partial charge is 0.325 e. The molecule has 1 amide bonds. The molecular formula is C23H27N5O2. The van der Waals surface area contributed by atoms with E-state index in [1.54, 1.807) is 6.07 Å². The molecular weight excluding hydrogens is 378 g/mol. The number of hydrogen-bond acceptors (Lipinski definition) is 5. The van der Waals surface area contributed by atoms with Crippen molar-refractivity contribution in [2.24, 2.45) is 0 Å². The molecule has 1 aliphatic rings. The van der Waals surface area contributed by atoms with E-state index in [9.17, 15) is 9.59 Å². The fraction of sp³-hybridized carbons (Fsp3) is 0.348. The van der Waals surface area contributed by atoms with E-state index in [1.165, 1.54) is 16.3 Å². The minimum absolute atomic E-state index is 0.0503. The molecule has 0 atom stereocenters. The lowest BCUT2D eigenvalue weighted by atomic mass is 10.1. The summed E-state index contributed by atoms with van der Waals surface area (Å²) in [5, 5.41) is 2.89. The molecule has 0 spiro atoms. The van der Waals surface area contributed by atoms with Crippen molar-refractivity contribution in [3.05, 3.63) is 70.6 Å². The molecule has 0 saturated carbocycles. The van der Waals surface area contributed by atoms with Crippen molar-refractivity contribution < 1.29 is 4.79 Å². The lowest BCUT2D eigenvalue weighted by Gasteiger charge is -2.34. The molecule has 7 heteroatoms. The molecule has 1 fully saturated rings. The second-order valence-corrected chi connectivity index (χ2v) is 7.63. The number of anilines is 1. The molecule has 7 nitrogen and oxygen atoms in total. The number of rotatable bonds is 6. The van der Waals surface area contributed by atoms with Gasteiger partial charge in [0, 0.05) is 38.4 Å². The van der Waals surface area contributed by atoms with E-state index in [2.05, 4.69) is 39.2 Å². The standard InChI is InChI=1S/C23H27N5O2/c1-2-26-11-13-27(14-12-26)16-18-7-9-19(10-8-18)25-22(29)17-28-21-6-4-3-5-20(21)24-15-23(28)30/h3-10,15H,2,11-14,16-17H2,1H3,(H,25,29). The maximum absolute atomic E-state index is 12.5. The molecule has 1 saturated heterocycles. The molecule has 1 aliphatic heterocycles. The zero-order valence-electron chi connectivity index (χ0n) is 17.3. The molecule has 2 heterocycles. The Balaban J connectivity index is 1.37. The van der Waals surface area contributed by atoms with E-state index in [1.807, 2.05) is 30.3 Å². The van der Waals surface area contributed by atoms with Gasteiger partial charge in [-0.15, -0.1) is 0 Å².